The summed E-state index contributed by atoms with van der Waals surface area (Å²) in [5.41, 5.74) is 2.42. The smallest absolute Gasteiger partial charge is 0.416 e. The van der Waals surface area contributed by atoms with Gasteiger partial charge in [-0.1, -0.05) is 36.4 Å². The van der Waals surface area contributed by atoms with Crippen LogP contribution >= 0.6 is 0 Å². The lowest BCUT2D eigenvalue weighted by molar-refractivity contribution is -0.144. The molecule has 0 N–H and O–H groups in total. The summed E-state index contributed by atoms with van der Waals surface area (Å²) in [7, 11) is 4.10. The average Bonchev–Trinajstić information content (AvgIpc) is 2.73. The first-order valence-corrected chi connectivity index (χ1v) is 10.5. The van der Waals surface area contributed by atoms with Gasteiger partial charge in [-0.25, -0.2) is 4.79 Å². The van der Waals surface area contributed by atoms with Crippen LogP contribution in [0.15, 0.2) is 54.6 Å². The third-order valence-corrected chi connectivity index (χ3v) is 5.56. The molecule has 2 aromatic rings. The summed E-state index contributed by atoms with van der Waals surface area (Å²) < 4.78 is 43.3. The van der Waals surface area contributed by atoms with E-state index in [0.717, 1.165) is 44.4 Å². The molecule has 0 saturated heterocycles. The molecule has 31 heavy (non-hydrogen) atoms. The highest BCUT2D eigenvalue weighted by molar-refractivity contribution is 5.87. The molecule has 1 saturated carbocycles. The number of carbonyl (C=O) groups excluding carboxylic acids is 1. The van der Waals surface area contributed by atoms with Crippen LogP contribution in [0.5, 0.6) is 0 Å². The molecule has 3 nitrogen and oxygen atoms in total. The highest BCUT2D eigenvalue weighted by Gasteiger charge is 2.29. The van der Waals surface area contributed by atoms with Gasteiger partial charge in [0.05, 0.1) is 5.56 Å². The Balaban J connectivity index is 1.46. The van der Waals surface area contributed by atoms with Gasteiger partial charge in [-0.2, -0.15) is 13.2 Å². The molecule has 0 unspecified atom stereocenters. The van der Waals surface area contributed by atoms with Gasteiger partial charge >= 0.3 is 12.1 Å². The summed E-state index contributed by atoms with van der Waals surface area (Å²) in [4.78, 5) is 14.2. The van der Waals surface area contributed by atoms with E-state index in [0.29, 0.717) is 11.5 Å². The Hall–Kier alpha value is -2.60. The summed E-state index contributed by atoms with van der Waals surface area (Å²) >= 11 is 0. The van der Waals surface area contributed by atoms with Crippen LogP contribution in [0.1, 0.15) is 53.9 Å². The van der Waals surface area contributed by atoms with Crippen LogP contribution in [0.25, 0.3) is 6.08 Å². The predicted molar refractivity (Wildman–Crippen MR) is 115 cm³/mol. The van der Waals surface area contributed by atoms with E-state index < -0.39 is 17.7 Å². The van der Waals surface area contributed by atoms with Gasteiger partial charge < -0.3 is 9.64 Å². The fourth-order valence-corrected chi connectivity index (χ4v) is 3.93. The largest absolute Gasteiger partial charge is 0.459 e. The third kappa shape index (κ3) is 6.96. The topological polar surface area (TPSA) is 29.5 Å². The van der Waals surface area contributed by atoms with Crippen molar-refractivity contribution in [3.8, 4) is 0 Å². The van der Waals surface area contributed by atoms with Crippen molar-refractivity contribution >= 4 is 12.0 Å². The molecule has 1 aliphatic carbocycles. The molecule has 0 atom stereocenters. The van der Waals surface area contributed by atoms with E-state index in [-0.39, 0.29) is 6.10 Å². The second-order valence-corrected chi connectivity index (χ2v) is 8.34. The van der Waals surface area contributed by atoms with Crippen LogP contribution in [-0.2, 0) is 22.3 Å². The van der Waals surface area contributed by atoms with Gasteiger partial charge in [-0.3, -0.25) is 0 Å². The van der Waals surface area contributed by atoms with Crippen LogP contribution in [-0.4, -0.2) is 31.1 Å². The van der Waals surface area contributed by atoms with E-state index in [9.17, 15) is 18.0 Å². The first-order chi connectivity index (χ1) is 14.7. The van der Waals surface area contributed by atoms with Crippen molar-refractivity contribution in [2.75, 3.05) is 14.1 Å². The van der Waals surface area contributed by atoms with Gasteiger partial charge in [0.2, 0.25) is 0 Å². The Bertz CT molecular complexity index is 878. The number of hydrogen-bond donors (Lipinski definition) is 0. The lowest BCUT2D eigenvalue weighted by atomic mass is 9.82. The Morgan fingerprint density at radius 1 is 1.00 bits per heavy atom. The minimum Gasteiger partial charge on any atom is -0.459 e. The highest BCUT2D eigenvalue weighted by Crippen LogP contribution is 2.34. The summed E-state index contributed by atoms with van der Waals surface area (Å²) in [6.07, 6.45) is 1.82. The molecular weight excluding hydrogens is 403 g/mol. The average molecular weight is 431 g/mol. The van der Waals surface area contributed by atoms with E-state index in [1.165, 1.54) is 35.4 Å². The van der Waals surface area contributed by atoms with Crippen LogP contribution in [0, 0.1) is 0 Å². The first-order valence-electron chi connectivity index (χ1n) is 10.5. The van der Waals surface area contributed by atoms with Gasteiger partial charge in [0.25, 0.3) is 0 Å². The number of rotatable bonds is 6. The van der Waals surface area contributed by atoms with Gasteiger partial charge in [0, 0.05) is 12.6 Å². The Labute approximate surface area is 181 Å². The van der Waals surface area contributed by atoms with Crippen molar-refractivity contribution in [1.29, 1.82) is 0 Å². The van der Waals surface area contributed by atoms with Crippen molar-refractivity contribution in [2.45, 2.75) is 50.4 Å². The molecule has 0 heterocycles. The summed E-state index contributed by atoms with van der Waals surface area (Å²) in [6, 6.07) is 13.4. The highest BCUT2D eigenvalue weighted by atomic mass is 19.4. The number of ether oxygens (including phenoxy) is 1. The molecule has 0 aromatic heterocycles. The first kappa shape index (κ1) is 23.1. The zero-order chi connectivity index (χ0) is 22.4. The molecular formula is C25H28F3NO2. The minimum absolute atomic E-state index is 0.117. The summed E-state index contributed by atoms with van der Waals surface area (Å²) in [5.74, 6) is 0.0161. The molecule has 6 heteroatoms. The summed E-state index contributed by atoms with van der Waals surface area (Å²) in [6.45, 7) is 0.920. The predicted octanol–water partition coefficient (Wildman–Crippen LogP) is 6.05. The molecule has 0 spiro atoms. The Morgan fingerprint density at radius 2 is 1.61 bits per heavy atom. The minimum atomic E-state index is -4.37. The maximum absolute atomic E-state index is 12.6. The molecule has 2 aromatic carbocycles. The van der Waals surface area contributed by atoms with Crippen LogP contribution < -0.4 is 0 Å². The van der Waals surface area contributed by atoms with E-state index in [4.69, 9.17) is 4.74 Å². The molecule has 0 amide bonds. The van der Waals surface area contributed by atoms with Crippen LogP contribution in [0.2, 0.25) is 0 Å². The van der Waals surface area contributed by atoms with E-state index in [1.807, 2.05) is 0 Å². The number of carbonyl (C=O) groups is 1. The van der Waals surface area contributed by atoms with Crippen molar-refractivity contribution in [3.05, 3.63) is 76.9 Å². The van der Waals surface area contributed by atoms with Crippen molar-refractivity contribution in [2.24, 2.45) is 0 Å². The van der Waals surface area contributed by atoms with Crippen LogP contribution in [0.4, 0.5) is 13.2 Å². The lowest BCUT2D eigenvalue weighted by Gasteiger charge is -2.28. The third-order valence-electron chi connectivity index (χ3n) is 5.56. The van der Waals surface area contributed by atoms with E-state index in [1.54, 1.807) is 0 Å². The monoisotopic (exact) mass is 431 g/mol. The molecule has 3 rings (SSSR count). The van der Waals surface area contributed by atoms with Crippen molar-refractivity contribution < 1.29 is 22.7 Å². The quantitative estimate of drug-likeness (QED) is 0.412. The fraction of sp³-hybridized carbons (Fsp3) is 0.400. The molecule has 0 radical (unpaired) electrons. The van der Waals surface area contributed by atoms with Gasteiger partial charge in [0.1, 0.15) is 6.10 Å². The van der Waals surface area contributed by atoms with Crippen molar-refractivity contribution in [1.82, 2.24) is 4.90 Å². The zero-order valence-corrected chi connectivity index (χ0v) is 17.9. The Kier molecular flexibility index (Phi) is 7.55. The zero-order valence-electron chi connectivity index (χ0n) is 17.9. The van der Waals surface area contributed by atoms with E-state index in [2.05, 4.69) is 43.3 Å². The Morgan fingerprint density at radius 3 is 2.16 bits per heavy atom. The second kappa shape index (κ2) is 10.1. The number of nitrogens with zero attached hydrogens (tertiary/aromatic N) is 1. The molecule has 1 fully saturated rings. The maximum Gasteiger partial charge on any atom is 0.416 e. The normalized spacial score (nSPS) is 19.7. The number of halogens is 3. The second-order valence-electron chi connectivity index (χ2n) is 8.34. The maximum atomic E-state index is 12.6. The SMILES string of the molecule is CN(C)Cc1ccc([C@H]2CC[C@@H](OC(=O)C=Cc3ccc(C(F)(F)F)cc3)CC2)cc1. The molecule has 166 valence electrons. The number of hydrogen-bond acceptors (Lipinski definition) is 3. The van der Waals surface area contributed by atoms with Crippen molar-refractivity contribution in [3.63, 3.8) is 0 Å². The molecule has 0 aliphatic heterocycles. The molecule has 1 aliphatic rings. The number of benzene rings is 2. The van der Waals surface area contributed by atoms with E-state index >= 15 is 0 Å². The number of alkyl halides is 3. The fourth-order valence-electron chi connectivity index (χ4n) is 3.93. The lowest BCUT2D eigenvalue weighted by Crippen LogP contribution is -2.23. The van der Waals surface area contributed by atoms with Gasteiger partial charge in [-0.05, 0) is 80.6 Å². The van der Waals surface area contributed by atoms with Crippen LogP contribution in [0.3, 0.4) is 0 Å². The van der Waals surface area contributed by atoms with Gasteiger partial charge in [-0.15, -0.1) is 0 Å². The number of esters is 1. The standard InChI is InChI=1S/C25H28F3NO2/c1-29(2)17-19-3-8-20(9-4-19)21-10-14-23(15-11-21)31-24(30)16-7-18-5-12-22(13-6-18)25(26,27)28/h3-9,12-13,16,21,23H,10-11,14-15,17H2,1-2H3/t21-,23+. The molecule has 0 bridgehead atoms. The summed E-state index contributed by atoms with van der Waals surface area (Å²) in [5, 5.41) is 0. The van der Waals surface area contributed by atoms with Gasteiger partial charge in [0.15, 0.2) is 0 Å².